The summed E-state index contributed by atoms with van der Waals surface area (Å²) in [5.41, 5.74) is 2.40. The summed E-state index contributed by atoms with van der Waals surface area (Å²) in [5.74, 6) is 0.512. The molecule has 17 heavy (non-hydrogen) atoms. The highest BCUT2D eigenvalue weighted by Crippen LogP contribution is 2.16. The van der Waals surface area contributed by atoms with Crippen LogP contribution in [-0.4, -0.2) is 19.2 Å². The number of hydrogen-bond donors (Lipinski definition) is 0. The number of rotatable bonds is 6. The summed E-state index contributed by atoms with van der Waals surface area (Å²) in [6, 6.07) is 5.86. The average molecular weight is 234 g/mol. The zero-order valence-corrected chi connectivity index (χ0v) is 10.4. The van der Waals surface area contributed by atoms with Crippen LogP contribution in [0.3, 0.4) is 0 Å². The van der Waals surface area contributed by atoms with E-state index in [2.05, 4.69) is 6.58 Å². The van der Waals surface area contributed by atoms with Gasteiger partial charge in [-0.2, -0.15) is 0 Å². The first-order chi connectivity index (χ1) is 8.13. The van der Waals surface area contributed by atoms with Crippen molar-refractivity contribution in [1.29, 1.82) is 0 Å². The van der Waals surface area contributed by atoms with Gasteiger partial charge in [-0.15, -0.1) is 0 Å². The molecule has 1 aromatic rings. The third-order valence-electron chi connectivity index (χ3n) is 2.42. The Morgan fingerprint density at radius 3 is 2.76 bits per heavy atom. The number of aryl methyl sites for hydroxylation is 2. The van der Waals surface area contributed by atoms with Gasteiger partial charge >= 0.3 is 5.97 Å². The van der Waals surface area contributed by atoms with Crippen LogP contribution in [-0.2, 0) is 9.53 Å². The molecule has 1 rings (SSSR count). The number of esters is 1. The lowest BCUT2D eigenvalue weighted by atomic mass is 10.1. The Balaban J connectivity index is 2.33. The van der Waals surface area contributed by atoms with Crippen molar-refractivity contribution in [1.82, 2.24) is 0 Å². The van der Waals surface area contributed by atoms with E-state index in [-0.39, 0.29) is 19.0 Å². The molecule has 0 saturated carbocycles. The Morgan fingerprint density at radius 1 is 1.35 bits per heavy atom. The van der Waals surface area contributed by atoms with Crippen molar-refractivity contribution < 1.29 is 14.3 Å². The molecule has 0 unspecified atom stereocenters. The summed E-state index contributed by atoms with van der Waals surface area (Å²) in [6.45, 7) is 8.13. The minimum absolute atomic E-state index is 0.251. The number of benzene rings is 1. The number of ether oxygens (including phenoxy) is 2. The maximum Gasteiger partial charge on any atom is 0.309 e. The van der Waals surface area contributed by atoms with Crippen LogP contribution in [0.1, 0.15) is 17.5 Å². The van der Waals surface area contributed by atoms with E-state index in [1.54, 1.807) is 6.08 Å². The standard InChI is InChI=1S/C14H18O3/c1-4-8-17-14(15)7-9-16-13-6-5-11(2)12(3)10-13/h4-6,10H,1,7-9H2,2-3H3. The average Bonchev–Trinajstić information content (AvgIpc) is 2.31. The van der Waals surface area contributed by atoms with Crippen molar-refractivity contribution in [2.45, 2.75) is 20.3 Å². The summed E-state index contributed by atoms with van der Waals surface area (Å²) in [7, 11) is 0. The first-order valence-electron chi connectivity index (χ1n) is 5.60. The fourth-order valence-electron chi connectivity index (χ4n) is 1.28. The van der Waals surface area contributed by atoms with Gasteiger partial charge < -0.3 is 9.47 Å². The SMILES string of the molecule is C=CCOC(=O)CCOc1ccc(C)c(C)c1. The van der Waals surface area contributed by atoms with Crippen molar-refractivity contribution in [3.63, 3.8) is 0 Å². The van der Waals surface area contributed by atoms with Gasteiger partial charge in [-0.3, -0.25) is 4.79 Å². The zero-order valence-electron chi connectivity index (χ0n) is 10.4. The predicted molar refractivity (Wildman–Crippen MR) is 67.2 cm³/mol. The van der Waals surface area contributed by atoms with Gasteiger partial charge in [0.15, 0.2) is 0 Å². The summed E-state index contributed by atoms with van der Waals surface area (Å²) in [5, 5.41) is 0. The normalized spacial score (nSPS) is 9.76. The van der Waals surface area contributed by atoms with Crippen molar-refractivity contribution in [2.75, 3.05) is 13.2 Å². The molecular weight excluding hydrogens is 216 g/mol. The van der Waals surface area contributed by atoms with Crippen LogP contribution < -0.4 is 4.74 Å². The van der Waals surface area contributed by atoms with Gasteiger partial charge in [0.2, 0.25) is 0 Å². The molecule has 0 fully saturated rings. The van der Waals surface area contributed by atoms with Crippen molar-refractivity contribution in [3.05, 3.63) is 42.0 Å². The Bertz CT molecular complexity index is 396. The molecule has 0 saturated heterocycles. The predicted octanol–water partition coefficient (Wildman–Crippen LogP) is 2.80. The largest absolute Gasteiger partial charge is 0.493 e. The molecule has 0 heterocycles. The third-order valence-corrected chi connectivity index (χ3v) is 2.42. The monoisotopic (exact) mass is 234 g/mol. The van der Waals surface area contributed by atoms with Crippen LogP contribution in [0.5, 0.6) is 5.75 Å². The van der Waals surface area contributed by atoms with E-state index in [0.717, 1.165) is 5.75 Å². The van der Waals surface area contributed by atoms with E-state index in [1.165, 1.54) is 11.1 Å². The topological polar surface area (TPSA) is 35.5 Å². The molecule has 0 amide bonds. The minimum atomic E-state index is -0.270. The van der Waals surface area contributed by atoms with Crippen LogP contribution in [0.2, 0.25) is 0 Å². The number of carbonyl (C=O) groups excluding carboxylic acids is 1. The maximum absolute atomic E-state index is 11.2. The van der Waals surface area contributed by atoms with Crippen LogP contribution >= 0.6 is 0 Å². The molecule has 0 aliphatic heterocycles. The second-order valence-corrected chi connectivity index (χ2v) is 3.82. The van der Waals surface area contributed by atoms with Crippen LogP contribution in [0, 0.1) is 13.8 Å². The Hall–Kier alpha value is -1.77. The minimum Gasteiger partial charge on any atom is -0.493 e. The molecular formula is C14H18O3. The molecule has 0 bridgehead atoms. The number of hydrogen-bond acceptors (Lipinski definition) is 3. The summed E-state index contributed by atoms with van der Waals surface area (Å²) < 4.78 is 10.3. The molecule has 0 spiro atoms. The third kappa shape index (κ3) is 4.72. The molecule has 0 aliphatic rings. The lowest BCUT2D eigenvalue weighted by molar-refractivity contribution is -0.142. The van der Waals surface area contributed by atoms with Gasteiger partial charge in [-0.25, -0.2) is 0 Å². The van der Waals surface area contributed by atoms with Crippen LogP contribution in [0.25, 0.3) is 0 Å². The second-order valence-electron chi connectivity index (χ2n) is 3.82. The van der Waals surface area contributed by atoms with Crippen molar-refractivity contribution in [2.24, 2.45) is 0 Å². The molecule has 3 nitrogen and oxygen atoms in total. The summed E-state index contributed by atoms with van der Waals surface area (Å²) >= 11 is 0. The van der Waals surface area contributed by atoms with Gasteiger partial charge in [0.05, 0.1) is 13.0 Å². The fraction of sp³-hybridized carbons (Fsp3) is 0.357. The molecule has 0 atom stereocenters. The molecule has 0 aliphatic carbocycles. The van der Waals surface area contributed by atoms with E-state index in [4.69, 9.17) is 9.47 Å². The Kier molecular flexibility index (Phi) is 5.27. The first-order valence-corrected chi connectivity index (χ1v) is 5.60. The lowest BCUT2D eigenvalue weighted by Gasteiger charge is -2.08. The highest BCUT2D eigenvalue weighted by molar-refractivity contribution is 5.69. The van der Waals surface area contributed by atoms with E-state index in [0.29, 0.717) is 6.61 Å². The fourth-order valence-corrected chi connectivity index (χ4v) is 1.28. The molecule has 3 heteroatoms. The van der Waals surface area contributed by atoms with E-state index < -0.39 is 0 Å². The van der Waals surface area contributed by atoms with Gasteiger partial charge in [0.25, 0.3) is 0 Å². The lowest BCUT2D eigenvalue weighted by Crippen LogP contribution is -2.09. The molecule has 92 valence electrons. The van der Waals surface area contributed by atoms with Gasteiger partial charge in [-0.05, 0) is 37.1 Å². The smallest absolute Gasteiger partial charge is 0.309 e. The molecule has 0 aromatic heterocycles. The highest BCUT2D eigenvalue weighted by atomic mass is 16.5. The van der Waals surface area contributed by atoms with Crippen LogP contribution in [0.4, 0.5) is 0 Å². The molecule has 0 N–H and O–H groups in total. The van der Waals surface area contributed by atoms with E-state index in [1.807, 2.05) is 32.0 Å². The van der Waals surface area contributed by atoms with Crippen molar-refractivity contribution in [3.8, 4) is 5.75 Å². The Labute approximate surface area is 102 Å². The zero-order chi connectivity index (χ0) is 12.7. The second kappa shape index (κ2) is 6.74. The summed E-state index contributed by atoms with van der Waals surface area (Å²) in [6.07, 6.45) is 1.79. The Morgan fingerprint density at radius 2 is 2.12 bits per heavy atom. The maximum atomic E-state index is 11.2. The van der Waals surface area contributed by atoms with Gasteiger partial charge in [0.1, 0.15) is 12.4 Å². The highest BCUT2D eigenvalue weighted by Gasteiger charge is 2.03. The molecule has 1 aromatic carbocycles. The number of carbonyl (C=O) groups is 1. The molecule has 0 radical (unpaired) electrons. The van der Waals surface area contributed by atoms with E-state index in [9.17, 15) is 4.79 Å². The van der Waals surface area contributed by atoms with Crippen LogP contribution in [0.15, 0.2) is 30.9 Å². The van der Waals surface area contributed by atoms with Gasteiger partial charge in [-0.1, -0.05) is 18.7 Å². The van der Waals surface area contributed by atoms with Gasteiger partial charge in [0, 0.05) is 0 Å². The first kappa shape index (κ1) is 13.3. The summed E-state index contributed by atoms with van der Waals surface area (Å²) in [4.78, 5) is 11.2. The van der Waals surface area contributed by atoms with E-state index >= 15 is 0 Å². The van der Waals surface area contributed by atoms with Crippen molar-refractivity contribution >= 4 is 5.97 Å². The quantitative estimate of drug-likeness (QED) is 0.561.